The van der Waals surface area contributed by atoms with E-state index in [2.05, 4.69) is 5.32 Å². The Hall–Kier alpha value is -1.49. The van der Waals surface area contributed by atoms with E-state index in [-0.39, 0.29) is 12.5 Å². The fourth-order valence-electron chi connectivity index (χ4n) is 5.79. The van der Waals surface area contributed by atoms with E-state index in [9.17, 15) is 9.59 Å². The molecule has 0 heterocycles. The molecule has 1 N–H and O–H groups in total. The molecule has 140 valence electrons. The second-order valence-corrected chi connectivity index (χ2v) is 9.38. The maximum absolute atomic E-state index is 12.2. The van der Waals surface area contributed by atoms with Gasteiger partial charge in [0.2, 0.25) is 0 Å². The number of thioether (sulfide) groups is 1. The molecule has 0 atom stereocenters. The Morgan fingerprint density at radius 3 is 2.19 bits per heavy atom. The number of benzene rings is 1. The van der Waals surface area contributed by atoms with Crippen LogP contribution in [0.2, 0.25) is 0 Å². The summed E-state index contributed by atoms with van der Waals surface area (Å²) in [6.45, 7) is 0.546. The number of carbonyl (C=O) groups excluding carboxylic acids is 2. The van der Waals surface area contributed by atoms with Crippen molar-refractivity contribution in [2.45, 2.75) is 43.4 Å². The fourth-order valence-corrected chi connectivity index (χ4v) is 6.19. The molecule has 1 aromatic rings. The number of ether oxygens (including phenoxy) is 1. The minimum atomic E-state index is -0.442. The predicted molar refractivity (Wildman–Crippen MR) is 102 cm³/mol. The lowest BCUT2D eigenvalue weighted by molar-refractivity contribution is -0.126. The number of carbonyl (C=O) groups is 2. The smallest absolute Gasteiger partial charge is 0.338 e. The second kappa shape index (κ2) is 7.26. The average Bonchev–Trinajstić information content (AvgIpc) is 2.63. The molecule has 1 amide bonds. The zero-order chi connectivity index (χ0) is 18.1. The highest BCUT2D eigenvalue weighted by Gasteiger charge is 2.50. The minimum absolute atomic E-state index is 0.185. The summed E-state index contributed by atoms with van der Waals surface area (Å²) in [6.07, 6.45) is 9.99. The van der Waals surface area contributed by atoms with Crippen molar-refractivity contribution in [2.75, 3.05) is 19.4 Å². The summed E-state index contributed by atoms with van der Waals surface area (Å²) in [5.74, 6) is 2.00. The third kappa shape index (κ3) is 3.78. The van der Waals surface area contributed by atoms with Crippen LogP contribution in [0.1, 0.15) is 48.9 Å². The van der Waals surface area contributed by atoms with Crippen LogP contribution in [0.3, 0.4) is 0 Å². The molecule has 4 aliphatic rings. The number of esters is 1. The standard InChI is InChI=1S/C21H27NO3S/c1-26-18-4-2-17(3-5-18)20(24)25-12-19(23)22-13-21-9-14-6-15(10-21)8-16(7-14)11-21/h2-5,14-16H,6-13H2,1H3,(H,22,23). The van der Waals surface area contributed by atoms with Crippen LogP contribution in [0, 0.1) is 23.2 Å². The van der Waals surface area contributed by atoms with Crippen LogP contribution < -0.4 is 5.32 Å². The first-order valence-electron chi connectivity index (χ1n) is 9.63. The molecule has 4 nitrogen and oxygen atoms in total. The lowest BCUT2D eigenvalue weighted by Crippen LogP contribution is -2.51. The Bertz CT molecular complexity index is 650. The SMILES string of the molecule is CSc1ccc(C(=O)OCC(=O)NCC23CC4CC(CC(C4)C2)C3)cc1. The number of nitrogens with one attached hydrogen (secondary N) is 1. The van der Waals surface area contributed by atoms with Crippen LogP contribution in [0.4, 0.5) is 0 Å². The van der Waals surface area contributed by atoms with Crippen LogP contribution >= 0.6 is 11.8 Å². The van der Waals surface area contributed by atoms with Crippen molar-refractivity contribution in [1.29, 1.82) is 0 Å². The van der Waals surface area contributed by atoms with E-state index < -0.39 is 5.97 Å². The van der Waals surface area contributed by atoms with E-state index in [1.807, 2.05) is 18.4 Å². The van der Waals surface area contributed by atoms with Gasteiger partial charge in [-0.1, -0.05) is 0 Å². The summed E-state index contributed by atoms with van der Waals surface area (Å²) >= 11 is 1.62. The molecule has 0 aliphatic heterocycles. The summed E-state index contributed by atoms with van der Waals surface area (Å²) in [7, 11) is 0. The van der Waals surface area contributed by atoms with Crippen LogP contribution in [0.25, 0.3) is 0 Å². The molecule has 0 unspecified atom stereocenters. The van der Waals surface area contributed by atoms with Gasteiger partial charge in [0.05, 0.1) is 5.56 Å². The lowest BCUT2D eigenvalue weighted by atomic mass is 9.49. The van der Waals surface area contributed by atoms with Crippen molar-refractivity contribution in [3.8, 4) is 0 Å². The number of hydrogen-bond donors (Lipinski definition) is 1. The molecule has 26 heavy (non-hydrogen) atoms. The molecule has 0 radical (unpaired) electrons. The van der Waals surface area contributed by atoms with Crippen LogP contribution in [0.15, 0.2) is 29.2 Å². The van der Waals surface area contributed by atoms with E-state index in [0.29, 0.717) is 11.0 Å². The maximum Gasteiger partial charge on any atom is 0.338 e. The highest BCUT2D eigenvalue weighted by Crippen LogP contribution is 2.59. The average molecular weight is 374 g/mol. The highest BCUT2D eigenvalue weighted by atomic mass is 32.2. The molecule has 0 spiro atoms. The first kappa shape index (κ1) is 17.9. The highest BCUT2D eigenvalue weighted by molar-refractivity contribution is 7.98. The van der Waals surface area contributed by atoms with Crippen molar-refractivity contribution in [3.05, 3.63) is 29.8 Å². The van der Waals surface area contributed by atoms with Gasteiger partial charge in [0, 0.05) is 11.4 Å². The van der Waals surface area contributed by atoms with Gasteiger partial charge in [-0.3, -0.25) is 4.79 Å². The van der Waals surface area contributed by atoms with Crippen molar-refractivity contribution in [2.24, 2.45) is 23.2 Å². The zero-order valence-electron chi connectivity index (χ0n) is 15.3. The first-order valence-corrected chi connectivity index (χ1v) is 10.9. The van der Waals surface area contributed by atoms with Gasteiger partial charge >= 0.3 is 5.97 Å². The third-order valence-corrected chi connectivity index (χ3v) is 7.23. The number of hydrogen-bond acceptors (Lipinski definition) is 4. The molecule has 4 bridgehead atoms. The van der Waals surface area contributed by atoms with Gasteiger partial charge in [0.25, 0.3) is 5.91 Å². The molecule has 0 aromatic heterocycles. The Kier molecular flexibility index (Phi) is 5.00. The van der Waals surface area contributed by atoms with Gasteiger partial charge in [-0.25, -0.2) is 4.79 Å². The summed E-state index contributed by atoms with van der Waals surface area (Å²) in [5, 5.41) is 3.05. The number of rotatable bonds is 6. The third-order valence-electron chi connectivity index (χ3n) is 6.49. The molecule has 1 aromatic carbocycles. The topological polar surface area (TPSA) is 55.4 Å². The van der Waals surface area contributed by atoms with Gasteiger partial charge in [-0.05, 0) is 92.2 Å². The van der Waals surface area contributed by atoms with E-state index in [0.717, 1.165) is 29.2 Å². The second-order valence-electron chi connectivity index (χ2n) is 8.50. The summed E-state index contributed by atoms with van der Waals surface area (Å²) in [5.41, 5.74) is 0.791. The summed E-state index contributed by atoms with van der Waals surface area (Å²) in [6, 6.07) is 7.24. The maximum atomic E-state index is 12.2. The van der Waals surface area contributed by atoms with Gasteiger partial charge in [0.15, 0.2) is 6.61 Å². The monoisotopic (exact) mass is 373 g/mol. The Labute approximate surface area is 159 Å². The van der Waals surface area contributed by atoms with Crippen LogP contribution in [-0.2, 0) is 9.53 Å². The van der Waals surface area contributed by atoms with Crippen LogP contribution in [0.5, 0.6) is 0 Å². The zero-order valence-corrected chi connectivity index (χ0v) is 16.1. The van der Waals surface area contributed by atoms with Gasteiger partial charge in [0.1, 0.15) is 0 Å². The summed E-state index contributed by atoms with van der Waals surface area (Å²) in [4.78, 5) is 25.3. The predicted octanol–water partition coefficient (Wildman–Crippen LogP) is 3.90. The van der Waals surface area contributed by atoms with Gasteiger partial charge in [-0.2, -0.15) is 0 Å². The minimum Gasteiger partial charge on any atom is -0.452 e. The van der Waals surface area contributed by atoms with Crippen molar-refractivity contribution < 1.29 is 14.3 Å². The molecule has 4 aliphatic carbocycles. The largest absolute Gasteiger partial charge is 0.452 e. The van der Waals surface area contributed by atoms with E-state index in [1.165, 1.54) is 38.5 Å². The molecular weight excluding hydrogens is 346 g/mol. The van der Waals surface area contributed by atoms with Gasteiger partial charge < -0.3 is 10.1 Å². The molecule has 5 rings (SSSR count). The molecule has 5 heteroatoms. The molecule has 4 saturated carbocycles. The Morgan fingerprint density at radius 2 is 1.65 bits per heavy atom. The van der Waals surface area contributed by atoms with Crippen molar-refractivity contribution in [1.82, 2.24) is 5.32 Å². The Balaban J connectivity index is 1.25. The quantitative estimate of drug-likeness (QED) is 0.607. The van der Waals surface area contributed by atoms with Gasteiger partial charge in [-0.15, -0.1) is 11.8 Å². The molecule has 4 fully saturated rings. The number of amides is 1. The molecular formula is C21H27NO3S. The fraction of sp³-hybridized carbons (Fsp3) is 0.619. The molecule has 0 saturated heterocycles. The van der Waals surface area contributed by atoms with E-state index >= 15 is 0 Å². The lowest BCUT2D eigenvalue weighted by Gasteiger charge is -2.56. The first-order chi connectivity index (χ1) is 12.5. The van der Waals surface area contributed by atoms with Crippen molar-refractivity contribution >= 4 is 23.6 Å². The van der Waals surface area contributed by atoms with E-state index in [4.69, 9.17) is 4.74 Å². The Morgan fingerprint density at radius 1 is 1.08 bits per heavy atom. The van der Waals surface area contributed by atoms with E-state index in [1.54, 1.807) is 23.9 Å². The summed E-state index contributed by atoms with van der Waals surface area (Å²) < 4.78 is 5.18. The normalized spacial score (nSPS) is 31.7. The van der Waals surface area contributed by atoms with Crippen molar-refractivity contribution in [3.63, 3.8) is 0 Å². The van der Waals surface area contributed by atoms with Crippen LogP contribution in [-0.4, -0.2) is 31.3 Å².